The van der Waals surface area contributed by atoms with Crippen LogP contribution in [0.1, 0.15) is 69.2 Å². The minimum absolute atomic E-state index is 0.0489. The van der Waals surface area contributed by atoms with E-state index < -0.39 is 20.3 Å². The number of rotatable bonds is 7. The van der Waals surface area contributed by atoms with Gasteiger partial charge in [0, 0.05) is 11.1 Å². The molecule has 0 aliphatic rings. The van der Waals surface area contributed by atoms with Gasteiger partial charge in [-0.15, -0.1) is 0 Å². The van der Waals surface area contributed by atoms with Crippen molar-refractivity contribution in [2.45, 2.75) is 85.4 Å². The molecule has 0 radical (unpaired) electrons. The lowest BCUT2D eigenvalue weighted by molar-refractivity contribution is -0.135. The molecule has 23 heavy (non-hydrogen) atoms. The molecule has 0 saturated heterocycles. The van der Waals surface area contributed by atoms with Crippen LogP contribution in [0.25, 0.3) is 0 Å². The molecule has 0 amide bonds. The fraction of sp³-hybridized carbons (Fsp3) is 0.778. The molecular formula is C18H34O4Si. The molecule has 0 aromatic rings. The van der Waals surface area contributed by atoms with Crippen LogP contribution >= 0.6 is 0 Å². The summed E-state index contributed by atoms with van der Waals surface area (Å²) in [5, 5.41) is 8.99. The molecule has 0 aliphatic heterocycles. The summed E-state index contributed by atoms with van der Waals surface area (Å²) in [7, 11) is -2.52. The summed E-state index contributed by atoms with van der Waals surface area (Å²) in [5.74, 6) is -1.20. The third-order valence-corrected chi connectivity index (χ3v) is 12.2. The molecule has 134 valence electrons. The normalized spacial score (nSPS) is 14.3. The highest BCUT2D eigenvalue weighted by atomic mass is 28.4. The lowest BCUT2D eigenvalue weighted by atomic mass is 9.99. The van der Waals surface area contributed by atoms with Gasteiger partial charge in [-0.25, -0.2) is 9.59 Å². The molecule has 0 bridgehead atoms. The molecule has 0 aromatic carbocycles. The maximum absolute atomic E-state index is 12.7. The maximum Gasteiger partial charge on any atom is 0.331 e. The zero-order valence-corrected chi connectivity index (χ0v) is 17.4. The highest BCUT2D eigenvalue weighted by Crippen LogP contribution is 2.55. The molecule has 0 fully saturated rings. The van der Waals surface area contributed by atoms with E-state index in [4.69, 9.17) is 9.53 Å². The van der Waals surface area contributed by atoms with Crippen LogP contribution in [0, 0.1) is 5.92 Å². The SMILES string of the molecule is C/C(C(=O)O)=C(\C)C(=O)O[Si](C(C)C)(C(C)C)C(C)(C)C(C)C. The number of carbonyl (C=O) groups excluding carboxylic acids is 1. The van der Waals surface area contributed by atoms with E-state index in [1.165, 1.54) is 13.8 Å². The van der Waals surface area contributed by atoms with E-state index >= 15 is 0 Å². The number of hydrogen-bond acceptors (Lipinski definition) is 3. The second-order valence-corrected chi connectivity index (χ2v) is 13.3. The van der Waals surface area contributed by atoms with Crippen molar-refractivity contribution in [1.29, 1.82) is 0 Å². The minimum Gasteiger partial charge on any atom is -0.515 e. The van der Waals surface area contributed by atoms with Gasteiger partial charge in [-0.1, -0.05) is 55.4 Å². The Morgan fingerprint density at radius 2 is 1.30 bits per heavy atom. The van der Waals surface area contributed by atoms with Crippen molar-refractivity contribution in [1.82, 2.24) is 0 Å². The van der Waals surface area contributed by atoms with Crippen LogP contribution in [0.3, 0.4) is 0 Å². The van der Waals surface area contributed by atoms with Crippen molar-refractivity contribution >= 4 is 20.3 Å². The molecule has 4 nitrogen and oxygen atoms in total. The largest absolute Gasteiger partial charge is 0.515 e. The summed E-state index contributed by atoms with van der Waals surface area (Å²) in [6.07, 6.45) is 0. The Labute approximate surface area is 142 Å². The fourth-order valence-electron chi connectivity index (χ4n) is 3.52. The lowest BCUT2D eigenvalue weighted by Gasteiger charge is -2.51. The van der Waals surface area contributed by atoms with Gasteiger partial charge in [0.2, 0.25) is 0 Å². The molecule has 0 unspecified atom stereocenters. The Hall–Kier alpha value is -1.10. The zero-order valence-electron chi connectivity index (χ0n) is 16.4. The van der Waals surface area contributed by atoms with Crippen LogP contribution in [-0.4, -0.2) is 25.4 Å². The average Bonchev–Trinajstić information content (AvgIpc) is 2.41. The molecule has 5 heteroatoms. The zero-order chi connectivity index (χ0) is 18.7. The van der Waals surface area contributed by atoms with Crippen LogP contribution in [0.2, 0.25) is 16.1 Å². The summed E-state index contributed by atoms with van der Waals surface area (Å²) in [4.78, 5) is 23.8. The fourth-order valence-corrected chi connectivity index (χ4v) is 9.92. The second-order valence-electron chi connectivity index (χ2n) is 7.92. The Morgan fingerprint density at radius 3 is 1.57 bits per heavy atom. The molecule has 0 rings (SSSR count). The Kier molecular flexibility index (Phi) is 7.28. The van der Waals surface area contributed by atoms with Crippen molar-refractivity contribution in [3.63, 3.8) is 0 Å². The number of carboxylic acid groups (broad SMARTS) is 1. The quantitative estimate of drug-likeness (QED) is 0.513. The lowest BCUT2D eigenvalue weighted by Crippen LogP contribution is -2.56. The van der Waals surface area contributed by atoms with Gasteiger partial charge in [0.25, 0.3) is 8.32 Å². The van der Waals surface area contributed by atoms with Gasteiger partial charge < -0.3 is 9.53 Å². The van der Waals surface area contributed by atoms with Gasteiger partial charge in [0.15, 0.2) is 0 Å². The topological polar surface area (TPSA) is 63.6 Å². The first-order valence-electron chi connectivity index (χ1n) is 8.37. The van der Waals surface area contributed by atoms with E-state index in [1.54, 1.807) is 0 Å². The number of hydrogen-bond donors (Lipinski definition) is 1. The minimum atomic E-state index is -2.52. The smallest absolute Gasteiger partial charge is 0.331 e. The van der Waals surface area contributed by atoms with E-state index in [-0.39, 0.29) is 27.3 Å². The third kappa shape index (κ3) is 4.06. The third-order valence-electron chi connectivity index (χ3n) is 5.62. The monoisotopic (exact) mass is 342 g/mol. The van der Waals surface area contributed by atoms with Crippen LogP contribution in [-0.2, 0) is 14.0 Å². The summed E-state index contributed by atoms with van der Waals surface area (Å²) in [6, 6.07) is 0. The van der Waals surface area contributed by atoms with Crippen LogP contribution in [0.15, 0.2) is 11.1 Å². The van der Waals surface area contributed by atoms with Gasteiger partial charge in [0.05, 0.1) is 0 Å². The van der Waals surface area contributed by atoms with Crippen molar-refractivity contribution in [2.24, 2.45) is 5.92 Å². The summed E-state index contributed by atoms with van der Waals surface area (Å²) in [6.45, 7) is 20.1. The van der Waals surface area contributed by atoms with Crippen LogP contribution < -0.4 is 0 Å². The molecule has 0 aliphatic carbocycles. The molecule has 0 spiro atoms. The van der Waals surface area contributed by atoms with E-state index in [9.17, 15) is 9.59 Å². The van der Waals surface area contributed by atoms with E-state index in [0.717, 1.165) is 0 Å². The molecule has 1 N–H and O–H groups in total. The number of carboxylic acids is 1. The van der Waals surface area contributed by atoms with Crippen molar-refractivity contribution < 1.29 is 19.1 Å². The number of aliphatic carboxylic acids is 1. The first-order valence-corrected chi connectivity index (χ1v) is 10.4. The summed E-state index contributed by atoms with van der Waals surface area (Å²) in [5.41, 5.74) is 0.714. The van der Waals surface area contributed by atoms with Crippen molar-refractivity contribution in [2.75, 3.05) is 0 Å². The summed E-state index contributed by atoms with van der Waals surface area (Å²) < 4.78 is 6.20. The van der Waals surface area contributed by atoms with Crippen molar-refractivity contribution in [3.8, 4) is 0 Å². The van der Waals surface area contributed by atoms with Gasteiger partial charge in [-0.05, 0) is 35.9 Å². The molecule has 0 saturated carbocycles. The molecule has 0 aromatic heterocycles. The van der Waals surface area contributed by atoms with Gasteiger partial charge >= 0.3 is 11.9 Å². The van der Waals surface area contributed by atoms with Gasteiger partial charge in [-0.2, -0.15) is 0 Å². The molecular weight excluding hydrogens is 308 g/mol. The number of carbonyl (C=O) groups is 2. The average molecular weight is 343 g/mol. The summed E-state index contributed by atoms with van der Waals surface area (Å²) >= 11 is 0. The predicted octanol–water partition coefficient (Wildman–Crippen LogP) is 5.15. The van der Waals surface area contributed by atoms with Gasteiger partial charge in [-0.3, -0.25) is 0 Å². The maximum atomic E-state index is 12.7. The Bertz CT molecular complexity index is 479. The first-order chi connectivity index (χ1) is 10.2. The predicted molar refractivity (Wildman–Crippen MR) is 96.9 cm³/mol. The highest BCUT2D eigenvalue weighted by molar-refractivity contribution is 6.80. The van der Waals surface area contributed by atoms with Crippen molar-refractivity contribution in [3.05, 3.63) is 11.1 Å². The Balaban J connectivity index is 6.10. The van der Waals surface area contributed by atoms with E-state index in [1.807, 2.05) is 0 Å². The van der Waals surface area contributed by atoms with Crippen LogP contribution in [0.5, 0.6) is 0 Å². The second kappa shape index (κ2) is 7.64. The highest BCUT2D eigenvalue weighted by Gasteiger charge is 2.58. The van der Waals surface area contributed by atoms with Gasteiger partial charge in [0.1, 0.15) is 0 Å². The van der Waals surface area contributed by atoms with E-state index in [0.29, 0.717) is 5.92 Å². The molecule has 0 atom stereocenters. The molecule has 0 heterocycles. The standard InChI is InChI=1S/C18H34O4Si/c1-11(2)18(9,10)23(12(3)4,13(5)6)22-17(21)15(8)14(7)16(19)20/h11-13H,1-10H3,(H,19,20)/b15-14-. The Morgan fingerprint density at radius 1 is 0.913 bits per heavy atom. The van der Waals surface area contributed by atoms with Crippen LogP contribution in [0.4, 0.5) is 0 Å². The first kappa shape index (κ1) is 21.9. The van der Waals surface area contributed by atoms with E-state index in [2.05, 4.69) is 55.4 Å².